The van der Waals surface area contributed by atoms with Crippen molar-refractivity contribution in [1.82, 2.24) is 4.90 Å². The van der Waals surface area contributed by atoms with Crippen molar-refractivity contribution in [2.24, 2.45) is 5.92 Å². The number of carbonyl (C=O) groups is 1. The van der Waals surface area contributed by atoms with E-state index in [1.807, 2.05) is 51.1 Å². The number of carbonyl (C=O) groups excluding carboxylic acids is 1. The molecule has 1 aliphatic heterocycles. The van der Waals surface area contributed by atoms with Gasteiger partial charge in [0.05, 0.1) is 0 Å². The van der Waals surface area contributed by atoms with Gasteiger partial charge in [0.15, 0.2) is 0 Å². The van der Waals surface area contributed by atoms with Gasteiger partial charge in [0.1, 0.15) is 0 Å². The molecule has 1 saturated heterocycles. The molecule has 0 saturated carbocycles. The Hall–Kier alpha value is -1.12. The molecular weight excluding hydrogens is 293 g/mol. The quantitative estimate of drug-likeness (QED) is 0.781. The van der Waals surface area contributed by atoms with E-state index in [0.29, 0.717) is 4.73 Å². The summed E-state index contributed by atoms with van der Waals surface area (Å²) in [5.74, 6) is 0.0589. The third-order valence-corrected chi connectivity index (χ3v) is 3.74. The molecule has 18 heavy (non-hydrogen) atoms. The fourth-order valence-corrected chi connectivity index (χ4v) is 2.88. The van der Waals surface area contributed by atoms with E-state index in [4.69, 9.17) is 4.74 Å². The summed E-state index contributed by atoms with van der Waals surface area (Å²) < 4.78 is 6.39. The van der Waals surface area contributed by atoms with Crippen LogP contribution in [-0.2, 0) is 9.53 Å². The normalized spacial score (nSPS) is 23.3. The first kappa shape index (κ1) is 13.3. The van der Waals surface area contributed by atoms with Gasteiger partial charge in [0.2, 0.25) is 0 Å². The average Bonchev–Trinajstić information content (AvgIpc) is 2.65. The summed E-state index contributed by atoms with van der Waals surface area (Å²) in [6.45, 7) is 5.82. The molecule has 2 rings (SSSR count). The van der Waals surface area contributed by atoms with Crippen LogP contribution < -0.4 is 0 Å². The molecule has 0 N–H and O–H groups in total. The molecule has 0 bridgehead atoms. The second-order valence-electron chi connectivity index (χ2n) is 4.82. The van der Waals surface area contributed by atoms with E-state index in [9.17, 15) is 4.79 Å². The number of rotatable bonds is 2. The molecule has 1 aliphatic rings. The van der Waals surface area contributed by atoms with Crippen molar-refractivity contribution in [1.29, 1.82) is 0 Å². The summed E-state index contributed by atoms with van der Waals surface area (Å²) in [5, 5.41) is 0. The summed E-state index contributed by atoms with van der Waals surface area (Å²) >= 11 is 2.85. The van der Waals surface area contributed by atoms with Gasteiger partial charge in [0, 0.05) is 0 Å². The first-order chi connectivity index (χ1) is 8.52. The fourth-order valence-electron chi connectivity index (χ4n) is 2.12. The molecule has 1 amide bonds. The number of ether oxygens (including phenoxy) is 1. The van der Waals surface area contributed by atoms with Gasteiger partial charge in [-0.3, -0.25) is 0 Å². The first-order valence-electron chi connectivity index (χ1n) is 6.11. The van der Waals surface area contributed by atoms with E-state index in [1.54, 1.807) is 4.90 Å². The number of hydrogen-bond donors (Lipinski definition) is 0. The zero-order valence-electron chi connectivity index (χ0n) is 10.8. The van der Waals surface area contributed by atoms with Gasteiger partial charge >= 0.3 is 115 Å². The maximum atomic E-state index is 12.1. The van der Waals surface area contributed by atoms with Crippen molar-refractivity contribution in [3.63, 3.8) is 0 Å². The molecule has 4 heteroatoms. The summed E-state index contributed by atoms with van der Waals surface area (Å²) in [6.07, 6.45) is -0.0925. The third-order valence-electron chi connectivity index (χ3n) is 3.13. The van der Waals surface area contributed by atoms with Gasteiger partial charge in [0.25, 0.3) is 0 Å². The standard InChI is InChI=1S/C14H17NO2Se/c1-9(2)13(16)15-10(3)12(17-14(15)18)11-7-5-4-6-8-11/h4-10,12H,1-3H3/t10-,12-/m0/s1. The molecule has 1 fully saturated rings. The molecule has 0 radical (unpaired) electrons. The van der Waals surface area contributed by atoms with Crippen molar-refractivity contribution in [3.05, 3.63) is 35.9 Å². The minimum absolute atomic E-state index is 0.0125. The van der Waals surface area contributed by atoms with E-state index >= 15 is 0 Å². The molecular formula is C14H17NO2Se. The predicted octanol–water partition coefficient (Wildman–Crippen LogP) is 1.89. The van der Waals surface area contributed by atoms with Crippen LogP contribution in [0.2, 0.25) is 0 Å². The zero-order valence-corrected chi connectivity index (χ0v) is 12.5. The molecule has 0 aromatic heterocycles. The summed E-state index contributed by atoms with van der Waals surface area (Å²) in [7, 11) is 0. The van der Waals surface area contributed by atoms with Crippen molar-refractivity contribution < 1.29 is 9.53 Å². The van der Waals surface area contributed by atoms with Crippen molar-refractivity contribution in [2.75, 3.05) is 0 Å². The Balaban J connectivity index is 2.24. The summed E-state index contributed by atoms with van der Waals surface area (Å²) in [4.78, 5) is 13.9. The molecule has 3 nitrogen and oxygen atoms in total. The second kappa shape index (κ2) is 5.25. The van der Waals surface area contributed by atoms with Crippen molar-refractivity contribution in [3.8, 4) is 0 Å². The molecule has 0 unspecified atom stereocenters. The Morgan fingerprint density at radius 1 is 1.33 bits per heavy atom. The van der Waals surface area contributed by atoms with Gasteiger partial charge < -0.3 is 0 Å². The Kier molecular flexibility index (Phi) is 3.88. The van der Waals surface area contributed by atoms with Crippen molar-refractivity contribution >= 4 is 26.2 Å². The Bertz CT molecular complexity index is 458. The van der Waals surface area contributed by atoms with E-state index in [0.717, 1.165) is 5.56 Å². The van der Waals surface area contributed by atoms with Gasteiger partial charge in [-0.2, -0.15) is 0 Å². The molecule has 1 aromatic rings. The molecule has 2 atom stereocenters. The monoisotopic (exact) mass is 311 g/mol. The molecule has 96 valence electrons. The van der Waals surface area contributed by atoms with E-state index in [2.05, 4.69) is 15.6 Å². The Morgan fingerprint density at radius 3 is 2.50 bits per heavy atom. The van der Waals surface area contributed by atoms with Crippen LogP contribution >= 0.6 is 0 Å². The topological polar surface area (TPSA) is 29.5 Å². The van der Waals surface area contributed by atoms with Crippen LogP contribution in [0.5, 0.6) is 0 Å². The van der Waals surface area contributed by atoms with E-state index in [-0.39, 0.29) is 24.0 Å². The summed E-state index contributed by atoms with van der Waals surface area (Å²) in [5.41, 5.74) is 1.09. The van der Waals surface area contributed by atoms with Crippen LogP contribution in [0, 0.1) is 5.92 Å². The molecule has 1 aromatic carbocycles. The maximum absolute atomic E-state index is 12.1. The third kappa shape index (κ3) is 2.36. The van der Waals surface area contributed by atoms with Crippen LogP contribution in [0.4, 0.5) is 0 Å². The van der Waals surface area contributed by atoms with E-state index < -0.39 is 0 Å². The fraction of sp³-hybridized carbons (Fsp3) is 0.429. The van der Waals surface area contributed by atoms with Crippen LogP contribution in [0.25, 0.3) is 0 Å². The van der Waals surface area contributed by atoms with Crippen LogP contribution in [0.1, 0.15) is 32.4 Å². The number of hydrogen-bond acceptors (Lipinski definition) is 2. The van der Waals surface area contributed by atoms with Gasteiger partial charge in [-0.15, -0.1) is 0 Å². The van der Waals surface area contributed by atoms with Crippen LogP contribution in [0.3, 0.4) is 0 Å². The molecule has 0 aliphatic carbocycles. The Morgan fingerprint density at radius 2 is 1.94 bits per heavy atom. The first-order valence-corrected chi connectivity index (χ1v) is 6.96. The van der Waals surface area contributed by atoms with E-state index in [1.165, 1.54) is 0 Å². The van der Waals surface area contributed by atoms with Crippen molar-refractivity contribution in [2.45, 2.75) is 32.9 Å². The number of nitrogens with zero attached hydrogens (tertiary/aromatic N) is 1. The number of benzene rings is 1. The Labute approximate surface area is 115 Å². The molecule has 0 spiro atoms. The zero-order chi connectivity index (χ0) is 13.3. The minimum atomic E-state index is -0.0925. The van der Waals surface area contributed by atoms with Gasteiger partial charge in [-0.1, -0.05) is 0 Å². The van der Waals surface area contributed by atoms with Crippen LogP contribution in [-0.4, -0.2) is 37.2 Å². The predicted molar refractivity (Wildman–Crippen MR) is 72.2 cm³/mol. The number of amides is 1. The van der Waals surface area contributed by atoms with Gasteiger partial charge in [-0.25, -0.2) is 0 Å². The molecule has 1 heterocycles. The second-order valence-corrected chi connectivity index (χ2v) is 5.55. The van der Waals surface area contributed by atoms with Crippen LogP contribution in [0.15, 0.2) is 30.3 Å². The SMILES string of the molecule is CC(C)C(=O)N1C(=[Se])O[C@H](c2ccccc2)[C@@H]1C. The van der Waals surface area contributed by atoms with Gasteiger partial charge in [-0.05, 0) is 0 Å². The average molecular weight is 310 g/mol. The summed E-state index contributed by atoms with van der Waals surface area (Å²) in [6, 6.07) is 10.0.